The topological polar surface area (TPSA) is 39.5 Å². The van der Waals surface area contributed by atoms with Crippen LogP contribution < -0.4 is 4.74 Å². The molecule has 1 fully saturated rings. The highest BCUT2D eigenvalue weighted by Crippen LogP contribution is 2.17. The summed E-state index contributed by atoms with van der Waals surface area (Å²) in [6.45, 7) is 3.84. The van der Waals surface area contributed by atoms with Gasteiger partial charge in [-0.1, -0.05) is 12.1 Å². The van der Waals surface area contributed by atoms with Gasteiger partial charge in [0.25, 0.3) is 0 Å². The summed E-state index contributed by atoms with van der Waals surface area (Å²) in [5.41, 5.74) is 0.604. The van der Waals surface area contributed by atoms with Crippen LogP contribution in [0.1, 0.15) is 18.4 Å². The molecule has 108 valence electrons. The minimum atomic E-state index is 0.604. The fourth-order valence-electron chi connectivity index (χ4n) is 2.67. The molecule has 1 unspecified atom stereocenters. The maximum absolute atomic E-state index is 9.01. The number of hydrogen-bond acceptors (Lipinski definition) is 4. The predicted octanol–water partition coefficient (Wildman–Crippen LogP) is 1.96. The lowest BCUT2D eigenvalue weighted by molar-refractivity contribution is 0.119. The quantitative estimate of drug-likeness (QED) is 0.822. The van der Waals surface area contributed by atoms with E-state index in [0.29, 0.717) is 24.0 Å². The Kier molecular flexibility index (Phi) is 5.40. The second kappa shape index (κ2) is 7.28. The molecule has 4 nitrogen and oxygen atoms in total. The van der Waals surface area contributed by atoms with E-state index >= 15 is 0 Å². The van der Waals surface area contributed by atoms with Crippen molar-refractivity contribution in [3.05, 3.63) is 29.8 Å². The highest BCUT2D eigenvalue weighted by atomic mass is 16.5. The molecular weight excluding hydrogens is 250 g/mol. The Bertz CT molecular complexity index is 469. The van der Waals surface area contributed by atoms with Gasteiger partial charge in [-0.25, -0.2) is 0 Å². The van der Waals surface area contributed by atoms with E-state index in [4.69, 9.17) is 10.00 Å². The van der Waals surface area contributed by atoms with Crippen LogP contribution in [-0.2, 0) is 0 Å². The highest BCUT2D eigenvalue weighted by Gasteiger charge is 2.20. The lowest BCUT2D eigenvalue weighted by Gasteiger charge is -2.35. The van der Waals surface area contributed by atoms with Gasteiger partial charge in [-0.15, -0.1) is 0 Å². The first kappa shape index (κ1) is 14.8. The van der Waals surface area contributed by atoms with E-state index in [-0.39, 0.29) is 0 Å². The summed E-state index contributed by atoms with van der Waals surface area (Å²) in [7, 11) is 4.34. The summed E-state index contributed by atoms with van der Waals surface area (Å²) in [4.78, 5) is 4.75. The zero-order chi connectivity index (χ0) is 14.4. The van der Waals surface area contributed by atoms with Gasteiger partial charge in [0.1, 0.15) is 18.4 Å². The maximum atomic E-state index is 9.01. The number of ether oxygens (including phenoxy) is 1. The summed E-state index contributed by atoms with van der Waals surface area (Å²) in [5, 5.41) is 9.01. The summed E-state index contributed by atoms with van der Waals surface area (Å²) < 4.78 is 5.74. The van der Waals surface area contributed by atoms with Crippen LogP contribution in [0, 0.1) is 11.3 Å². The first-order chi connectivity index (χ1) is 9.70. The molecule has 20 heavy (non-hydrogen) atoms. The lowest BCUT2D eigenvalue weighted by Crippen LogP contribution is -2.46. The molecule has 0 amide bonds. The van der Waals surface area contributed by atoms with E-state index in [1.165, 1.54) is 19.4 Å². The molecule has 4 heteroatoms. The van der Waals surface area contributed by atoms with Crippen molar-refractivity contribution < 1.29 is 4.74 Å². The smallest absolute Gasteiger partial charge is 0.137 e. The fraction of sp³-hybridized carbons (Fsp3) is 0.562. The van der Waals surface area contributed by atoms with Crippen LogP contribution in [0.3, 0.4) is 0 Å². The average molecular weight is 273 g/mol. The molecule has 0 bridgehead atoms. The normalized spacial score (nSPS) is 19.8. The largest absolute Gasteiger partial charge is 0.491 e. The van der Waals surface area contributed by atoms with Gasteiger partial charge in [-0.05, 0) is 45.6 Å². The average Bonchev–Trinajstić information content (AvgIpc) is 2.47. The second-order valence-corrected chi connectivity index (χ2v) is 5.50. The molecule has 0 saturated carbocycles. The van der Waals surface area contributed by atoms with Crippen LogP contribution in [0.15, 0.2) is 24.3 Å². The molecule has 1 aromatic carbocycles. The Morgan fingerprint density at radius 2 is 2.25 bits per heavy atom. The monoisotopic (exact) mass is 273 g/mol. The molecule has 0 aliphatic carbocycles. The molecule has 0 aromatic heterocycles. The highest BCUT2D eigenvalue weighted by molar-refractivity contribution is 5.42. The van der Waals surface area contributed by atoms with E-state index in [2.05, 4.69) is 30.0 Å². The molecule has 0 spiro atoms. The third-order valence-electron chi connectivity index (χ3n) is 3.93. The van der Waals surface area contributed by atoms with Gasteiger partial charge in [-0.2, -0.15) is 5.26 Å². The number of benzene rings is 1. The molecule has 1 aliphatic heterocycles. The van der Waals surface area contributed by atoms with Crippen molar-refractivity contribution in [1.29, 1.82) is 5.26 Å². The minimum absolute atomic E-state index is 0.604. The first-order valence-electron chi connectivity index (χ1n) is 7.21. The van der Waals surface area contributed by atoms with Crippen molar-refractivity contribution in [3.63, 3.8) is 0 Å². The van der Waals surface area contributed by atoms with Gasteiger partial charge in [0.2, 0.25) is 0 Å². The van der Waals surface area contributed by atoms with E-state index in [0.717, 1.165) is 13.1 Å². The Labute approximate surface area is 121 Å². The summed E-state index contributed by atoms with van der Waals surface area (Å²) >= 11 is 0. The number of likely N-dealkylation sites (tertiary alicyclic amines) is 1. The van der Waals surface area contributed by atoms with Crippen LogP contribution in [0.4, 0.5) is 0 Å². The third-order valence-corrected chi connectivity index (χ3v) is 3.93. The molecule has 1 heterocycles. The number of para-hydroxylation sites is 1. The van der Waals surface area contributed by atoms with Crippen molar-refractivity contribution in [2.24, 2.45) is 0 Å². The van der Waals surface area contributed by atoms with Crippen LogP contribution in [0.5, 0.6) is 5.75 Å². The van der Waals surface area contributed by atoms with Gasteiger partial charge in [0.05, 0.1) is 5.56 Å². The van der Waals surface area contributed by atoms with Gasteiger partial charge < -0.3 is 9.64 Å². The Morgan fingerprint density at radius 1 is 1.45 bits per heavy atom. The minimum Gasteiger partial charge on any atom is -0.491 e. The molecule has 0 N–H and O–H groups in total. The number of nitrogens with zero attached hydrogens (tertiary/aromatic N) is 3. The maximum Gasteiger partial charge on any atom is 0.137 e. The fourth-order valence-corrected chi connectivity index (χ4v) is 2.67. The zero-order valence-corrected chi connectivity index (χ0v) is 12.4. The predicted molar refractivity (Wildman–Crippen MR) is 79.8 cm³/mol. The molecule has 1 saturated heterocycles. The number of hydrogen-bond donors (Lipinski definition) is 0. The molecule has 2 rings (SSSR count). The van der Waals surface area contributed by atoms with E-state index < -0.39 is 0 Å². The summed E-state index contributed by atoms with van der Waals surface area (Å²) in [6.07, 6.45) is 2.53. The van der Waals surface area contributed by atoms with E-state index in [1.54, 1.807) is 6.07 Å². The van der Waals surface area contributed by atoms with E-state index in [1.807, 2.05) is 18.2 Å². The van der Waals surface area contributed by atoms with Gasteiger partial charge >= 0.3 is 0 Å². The van der Waals surface area contributed by atoms with Crippen LogP contribution in [0.2, 0.25) is 0 Å². The lowest BCUT2D eigenvalue weighted by atomic mass is 10.1. The van der Waals surface area contributed by atoms with Crippen molar-refractivity contribution >= 4 is 0 Å². The van der Waals surface area contributed by atoms with Gasteiger partial charge in [0.15, 0.2) is 0 Å². The van der Waals surface area contributed by atoms with Crippen molar-refractivity contribution in [2.45, 2.75) is 18.9 Å². The zero-order valence-electron chi connectivity index (χ0n) is 12.4. The van der Waals surface area contributed by atoms with Crippen molar-refractivity contribution in [2.75, 3.05) is 40.3 Å². The van der Waals surface area contributed by atoms with Gasteiger partial charge in [-0.3, -0.25) is 4.90 Å². The Balaban J connectivity index is 1.79. The van der Waals surface area contributed by atoms with Gasteiger partial charge in [0, 0.05) is 19.1 Å². The number of rotatable bonds is 5. The third kappa shape index (κ3) is 3.96. The standard InChI is InChI=1S/C16H23N3O/c1-18-9-5-7-15(13-18)19(2)10-11-20-16-8-4-3-6-14(16)12-17/h3-4,6,8,15H,5,7,9-11,13H2,1-2H3. The summed E-state index contributed by atoms with van der Waals surface area (Å²) in [5.74, 6) is 0.684. The van der Waals surface area contributed by atoms with E-state index in [9.17, 15) is 0 Å². The molecule has 1 aliphatic rings. The summed E-state index contributed by atoms with van der Waals surface area (Å²) in [6, 6.07) is 10.2. The number of piperidine rings is 1. The molecular formula is C16H23N3O. The van der Waals surface area contributed by atoms with Crippen LogP contribution in [-0.4, -0.2) is 56.2 Å². The van der Waals surface area contributed by atoms with Crippen LogP contribution >= 0.6 is 0 Å². The molecule has 0 radical (unpaired) electrons. The number of likely N-dealkylation sites (N-methyl/N-ethyl adjacent to an activating group) is 2. The van der Waals surface area contributed by atoms with Crippen molar-refractivity contribution in [3.8, 4) is 11.8 Å². The first-order valence-corrected chi connectivity index (χ1v) is 7.21. The Hall–Kier alpha value is -1.57. The SMILES string of the molecule is CN1CCCC(N(C)CCOc2ccccc2C#N)C1. The van der Waals surface area contributed by atoms with Crippen LogP contribution in [0.25, 0.3) is 0 Å². The second-order valence-electron chi connectivity index (χ2n) is 5.50. The molecule has 1 aromatic rings. The Morgan fingerprint density at radius 3 is 3.00 bits per heavy atom. The van der Waals surface area contributed by atoms with Crippen molar-refractivity contribution in [1.82, 2.24) is 9.80 Å². The molecule has 1 atom stereocenters. The number of nitriles is 1.